The minimum absolute atomic E-state index is 0.0939. The van der Waals surface area contributed by atoms with Crippen LogP contribution in [0.15, 0.2) is 60.7 Å². The number of rotatable bonds is 14. The summed E-state index contributed by atoms with van der Waals surface area (Å²) in [4.78, 5) is 38.1. The summed E-state index contributed by atoms with van der Waals surface area (Å²) < 4.78 is 5.33. The van der Waals surface area contributed by atoms with Crippen LogP contribution in [0.4, 0.5) is 4.79 Å². The second kappa shape index (κ2) is 15.3. The van der Waals surface area contributed by atoms with Gasteiger partial charge in [0.15, 0.2) is 0 Å². The third kappa shape index (κ3) is 11.9. The number of carbonyl (C=O) groups is 3. The molecule has 3 N–H and O–H groups in total. The van der Waals surface area contributed by atoms with Crippen LogP contribution in [0.3, 0.4) is 0 Å². The summed E-state index contributed by atoms with van der Waals surface area (Å²) in [6.45, 7) is 8.93. The van der Waals surface area contributed by atoms with Crippen LogP contribution in [0.5, 0.6) is 0 Å². The van der Waals surface area contributed by atoms with E-state index in [4.69, 9.17) is 4.74 Å². The van der Waals surface area contributed by atoms with E-state index in [0.717, 1.165) is 18.4 Å². The second-order valence-corrected chi connectivity index (χ2v) is 11.2. The molecule has 0 radical (unpaired) electrons. The zero-order chi connectivity index (χ0) is 28.1. The van der Waals surface area contributed by atoms with Crippen LogP contribution in [0.2, 0.25) is 0 Å². The summed E-state index contributed by atoms with van der Waals surface area (Å²) in [5.41, 5.74) is 1.46. The Balaban J connectivity index is 1.99. The van der Waals surface area contributed by atoms with Crippen molar-refractivity contribution in [2.45, 2.75) is 96.9 Å². The summed E-state index contributed by atoms with van der Waals surface area (Å²) >= 11 is 0. The van der Waals surface area contributed by atoms with Crippen LogP contribution in [0.1, 0.15) is 71.4 Å². The molecule has 0 unspecified atom stereocenters. The summed E-state index contributed by atoms with van der Waals surface area (Å²) in [6.07, 6.45) is 1.33. The molecule has 0 aliphatic heterocycles. The van der Waals surface area contributed by atoms with Gasteiger partial charge >= 0.3 is 6.09 Å². The lowest BCUT2D eigenvalue weighted by molar-refractivity contribution is -0.125. The van der Waals surface area contributed by atoms with Crippen LogP contribution in [-0.2, 0) is 27.2 Å². The van der Waals surface area contributed by atoms with Gasteiger partial charge in [-0.3, -0.25) is 9.59 Å². The van der Waals surface area contributed by atoms with Crippen molar-refractivity contribution >= 4 is 17.8 Å². The molecule has 2 amide bonds. The van der Waals surface area contributed by atoms with Gasteiger partial charge < -0.3 is 20.5 Å². The maximum atomic E-state index is 13.2. The first-order valence-electron chi connectivity index (χ1n) is 13.5. The fourth-order valence-electron chi connectivity index (χ4n) is 4.16. The highest BCUT2D eigenvalue weighted by atomic mass is 16.6. The zero-order valence-corrected chi connectivity index (χ0v) is 23.4. The molecule has 38 heavy (non-hydrogen) atoms. The lowest BCUT2D eigenvalue weighted by Gasteiger charge is -2.29. The van der Waals surface area contributed by atoms with E-state index in [2.05, 4.69) is 10.6 Å². The number of ether oxygens (including phenoxy) is 1. The first kappa shape index (κ1) is 31.0. The molecule has 0 fully saturated rings. The summed E-state index contributed by atoms with van der Waals surface area (Å²) in [7, 11) is 0. The van der Waals surface area contributed by atoms with E-state index in [1.165, 1.54) is 5.56 Å². The number of amides is 2. The Hall–Kier alpha value is -3.19. The number of carbonyl (C=O) groups excluding carboxylic acids is 3. The van der Waals surface area contributed by atoms with Crippen molar-refractivity contribution in [3.63, 3.8) is 0 Å². The molecule has 7 nitrogen and oxygen atoms in total. The minimum Gasteiger partial charge on any atom is -0.444 e. The largest absolute Gasteiger partial charge is 0.444 e. The predicted molar refractivity (Wildman–Crippen MR) is 150 cm³/mol. The molecule has 0 aliphatic carbocycles. The van der Waals surface area contributed by atoms with Crippen molar-refractivity contribution in [2.24, 2.45) is 5.92 Å². The molecular formula is C31H44N2O5. The first-order chi connectivity index (χ1) is 17.9. The average molecular weight is 525 g/mol. The lowest BCUT2D eigenvalue weighted by atomic mass is 9.95. The minimum atomic E-state index is -0.924. The van der Waals surface area contributed by atoms with E-state index in [1.807, 2.05) is 74.5 Å². The van der Waals surface area contributed by atoms with Crippen LogP contribution >= 0.6 is 0 Å². The quantitative estimate of drug-likeness (QED) is 0.323. The smallest absolute Gasteiger partial charge is 0.408 e. The van der Waals surface area contributed by atoms with E-state index >= 15 is 0 Å². The normalized spacial score (nSPS) is 13.9. The molecule has 0 heterocycles. The fraction of sp³-hybridized carbons (Fsp3) is 0.516. The Morgan fingerprint density at radius 3 is 2.00 bits per heavy atom. The van der Waals surface area contributed by atoms with Gasteiger partial charge in [0, 0.05) is 12.8 Å². The molecule has 0 aliphatic rings. The number of aliphatic hydroxyl groups is 1. The predicted octanol–water partition coefficient (Wildman–Crippen LogP) is 5.00. The summed E-state index contributed by atoms with van der Waals surface area (Å²) in [5, 5.41) is 16.6. The van der Waals surface area contributed by atoms with Crippen molar-refractivity contribution in [2.75, 3.05) is 0 Å². The Morgan fingerprint density at radius 2 is 1.45 bits per heavy atom. The third-order valence-corrected chi connectivity index (χ3v) is 6.19. The van der Waals surface area contributed by atoms with Crippen LogP contribution < -0.4 is 10.6 Å². The van der Waals surface area contributed by atoms with Crippen molar-refractivity contribution in [1.29, 1.82) is 0 Å². The maximum Gasteiger partial charge on any atom is 0.408 e. The van der Waals surface area contributed by atoms with Gasteiger partial charge in [-0.2, -0.15) is 0 Å². The first-order valence-corrected chi connectivity index (χ1v) is 13.5. The highest BCUT2D eigenvalue weighted by molar-refractivity contribution is 5.86. The van der Waals surface area contributed by atoms with Gasteiger partial charge in [-0.05, 0) is 63.5 Å². The van der Waals surface area contributed by atoms with Gasteiger partial charge in [0.2, 0.25) is 5.91 Å². The van der Waals surface area contributed by atoms with E-state index < -0.39 is 35.8 Å². The molecule has 0 bridgehead atoms. The molecule has 208 valence electrons. The van der Waals surface area contributed by atoms with Gasteiger partial charge in [0.1, 0.15) is 17.4 Å². The van der Waals surface area contributed by atoms with Gasteiger partial charge in [0.25, 0.3) is 0 Å². The van der Waals surface area contributed by atoms with Crippen LogP contribution in [0.25, 0.3) is 0 Å². The van der Waals surface area contributed by atoms with Crippen molar-refractivity contribution in [3.8, 4) is 0 Å². The highest BCUT2D eigenvalue weighted by Crippen LogP contribution is 2.14. The van der Waals surface area contributed by atoms with Crippen molar-refractivity contribution < 1.29 is 24.2 Å². The Bertz CT molecular complexity index is 1000. The molecule has 2 aromatic carbocycles. The number of hydrogen-bond donors (Lipinski definition) is 3. The molecular weight excluding hydrogens is 480 g/mol. The second-order valence-electron chi connectivity index (χ2n) is 11.2. The summed E-state index contributed by atoms with van der Waals surface area (Å²) in [6, 6.07) is 18.1. The van der Waals surface area contributed by atoms with Gasteiger partial charge in [-0.1, -0.05) is 74.5 Å². The zero-order valence-electron chi connectivity index (χ0n) is 23.4. The number of benzene rings is 2. The third-order valence-electron chi connectivity index (χ3n) is 6.19. The topological polar surface area (TPSA) is 105 Å². The number of Topliss-reactive ketones (excluding diaryl/α,β-unsaturated/α-hetero) is 1. The molecule has 2 aromatic rings. The molecule has 0 spiro atoms. The van der Waals surface area contributed by atoms with Crippen LogP contribution in [0, 0.1) is 5.92 Å². The van der Waals surface area contributed by atoms with E-state index in [1.54, 1.807) is 20.8 Å². The lowest BCUT2D eigenvalue weighted by Crippen LogP contribution is -2.55. The number of hydrogen-bond acceptors (Lipinski definition) is 5. The number of aliphatic hydroxyl groups excluding tert-OH is 1. The van der Waals surface area contributed by atoms with E-state index in [9.17, 15) is 19.5 Å². The fourth-order valence-corrected chi connectivity index (χ4v) is 4.16. The van der Waals surface area contributed by atoms with Crippen molar-refractivity contribution in [3.05, 3.63) is 71.8 Å². The highest BCUT2D eigenvalue weighted by Gasteiger charge is 2.30. The Labute approximate surface area is 227 Å². The molecule has 0 aromatic heterocycles. The Kier molecular flexibility index (Phi) is 12.5. The van der Waals surface area contributed by atoms with Gasteiger partial charge in [0.05, 0.1) is 12.1 Å². The number of nitrogens with one attached hydrogen (secondary N) is 2. The molecule has 2 rings (SSSR count). The average Bonchev–Trinajstić information content (AvgIpc) is 2.85. The molecule has 7 heteroatoms. The molecule has 0 saturated carbocycles. The van der Waals surface area contributed by atoms with E-state index in [-0.39, 0.29) is 24.5 Å². The van der Waals surface area contributed by atoms with Gasteiger partial charge in [-0.25, -0.2) is 4.79 Å². The molecule has 3 atom stereocenters. The van der Waals surface area contributed by atoms with Gasteiger partial charge in [-0.15, -0.1) is 0 Å². The standard InChI is InChI=1S/C31H44N2O5/c1-22(2)28(33-30(37)38-31(3,4)5)29(36)32-26(21-24-15-10-7-11-16-24)27(35)20-19-25(34)18-12-17-23-13-8-6-9-14-23/h6-11,13-16,22,26-28,35H,12,17-21H2,1-5H3,(H,32,36)(H,33,37)/t26-,27-,28-/m0/s1. The van der Waals surface area contributed by atoms with Crippen molar-refractivity contribution in [1.82, 2.24) is 10.6 Å². The summed E-state index contributed by atoms with van der Waals surface area (Å²) in [5.74, 6) is -0.514. The number of aryl methyl sites for hydroxylation is 1. The Morgan fingerprint density at radius 1 is 0.868 bits per heavy atom. The maximum absolute atomic E-state index is 13.2. The number of alkyl carbamates (subject to hydrolysis) is 1. The molecule has 0 saturated heterocycles. The van der Waals surface area contributed by atoms with Crippen LogP contribution in [-0.4, -0.2) is 46.7 Å². The van der Waals surface area contributed by atoms with E-state index in [0.29, 0.717) is 12.8 Å². The number of ketones is 1. The SMILES string of the molecule is CC(C)[C@H](NC(=O)OC(C)(C)C)C(=O)N[C@@H](Cc1ccccc1)[C@@H](O)CCC(=O)CCCc1ccccc1. The monoisotopic (exact) mass is 524 g/mol.